The fourth-order valence-electron chi connectivity index (χ4n) is 1.51. The molecule has 0 N–H and O–H groups in total. The lowest BCUT2D eigenvalue weighted by atomic mass is 10.2. The van der Waals surface area contributed by atoms with Gasteiger partial charge in [-0.25, -0.2) is 9.18 Å². The van der Waals surface area contributed by atoms with E-state index in [0.717, 1.165) is 36.6 Å². The quantitative estimate of drug-likeness (QED) is 0.307. The van der Waals surface area contributed by atoms with E-state index in [1.54, 1.807) is 18.2 Å². The average Bonchev–Trinajstić information content (AvgIpc) is 2.42. The van der Waals surface area contributed by atoms with Gasteiger partial charge in [0.25, 0.3) is 0 Å². The van der Waals surface area contributed by atoms with Gasteiger partial charge in [0, 0.05) is 11.4 Å². The molecule has 0 atom stereocenters. The number of carbonyl (C=O) groups is 1. The number of hydrogen-bond acceptors (Lipinski definition) is 2. The fourth-order valence-corrected chi connectivity index (χ4v) is 1.91. The number of alkyl halides is 1. The van der Waals surface area contributed by atoms with Gasteiger partial charge in [-0.3, -0.25) is 0 Å². The van der Waals surface area contributed by atoms with Gasteiger partial charge in [-0.2, -0.15) is 0 Å². The smallest absolute Gasteiger partial charge is 0.330 e. The molecule has 0 spiro atoms. The van der Waals surface area contributed by atoms with E-state index in [9.17, 15) is 9.18 Å². The summed E-state index contributed by atoms with van der Waals surface area (Å²) >= 11 is 3.37. The number of unbranched alkanes of at least 4 members (excludes halogenated alkanes) is 3. The predicted molar refractivity (Wildman–Crippen MR) is 78.7 cm³/mol. The van der Waals surface area contributed by atoms with E-state index >= 15 is 0 Å². The van der Waals surface area contributed by atoms with Gasteiger partial charge in [0.2, 0.25) is 0 Å². The second-order valence-electron chi connectivity index (χ2n) is 4.16. The van der Waals surface area contributed by atoms with Crippen molar-refractivity contribution in [2.45, 2.75) is 25.7 Å². The van der Waals surface area contributed by atoms with Crippen molar-refractivity contribution in [2.24, 2.45) is 0 Å². The number of hydrogen-bond donors (Lipinski definition) is 0. The lowest BCUT2D eigenvalue weighted by molar-refractivity contribution is -0.137. The van der Waals surface area contributed by atoms with Crippen LogP contribution in [0.15, 0.2) is 30.3 Å². The number of halogens is 2. The van der Waals surface area contributed by atoms with Crippen molar-refractivity contribution in [1.29, 1.82) is 0 Å². The molecule has 0 amide bonds. The third-order valence-electron chi connectivity index (χ3n) is 2.55. The van der Waals surface area contributed by atoms with E-state index in [2.05, 4.69) is 15.9 Å². The Morgan fingerprint density at radius 2 is 1.84 bits per heavy atom. The summed E-state index contributed by atoms with van der Waals surface area (Å²) in [5.74, 6) is -0.645. The Morgan fingerprint density at radius 1 is 1.16 bits per heavy atom. The van der Waals surface area contributed by atoms with Crippen molar-refractivity contribution in [3.8, 4) is 0 Å². The zero-order valence-electron chi connectivity index (χ0n) is 10.8. The Labute approximate surface area is 121 Å². The second kappa shape index (κ2) is 9.73. The molecule has 0 unspecified atom stereocenters. The molecule has 0 saturated heterocycles. The molecule has 0 bridgehead atoms. The molecular weight excluding hydrogens is 311 g/mol. The van der Waals surface area contributed by atoms with Crippen molar-refractivity contribution in [3.05, 3.63) is 41.7 Å². The van der Waals surface area contributed by atoms with E-state index in [1.165, 1.54) is 18.2 Å². The van der Waals surface area contributed by atoms with E-state index < -0.39 is 0 Å². The number of esters is 1. The van der Waals surface area contributed by atoms with Gasteiger partial charge < -0.3 is 4.74 Å². The Bertz CT molecular complexity index is 401. The van der Waals surface area contributed by atoms with Crippen LogP contribution in [0.2, 0.25) is 0 Å². The molecule has 19 heavy (non-hydrogen) atoms. The summed E-state index contributed by atoms with van der Waals surface area (Å²) < 4.78 is 17.7. The largest absolute Gasteiger partial charge is 0.463 e. The van der Waals surface area contributed by atoms with Crippen molar-refractivity contribution < 1.29 is 13.9 Å². The van der Waals surface area contributed by atoms with Gasteiger partial charge >= 0.3 is 5.97 Å². The SMILES string of the molecule is O=C(C=Cc1ccc(F)cc1)OCCCCCCBr. The van der Waals surface area contributed by atoms with Crippen molar-refractivity contribution in [1.82, 2.24) is 0 Å². The van der Waals surface area contributed by atoms with Crippen LogP contribution in [0.25, 0.3) is 6.08 Å². The summed E-state index contributed by atoms with van der Waals surface area (Å²) in [6, 6.07) is 5.93. The van der Waals surface area contributed by atoms with Gasteiger partial charge in [0.15, 0.2) is 0 Å². The molecular formula is C15H18BrFO2. The maximum atomic E-state index is 12.7. The third kappa shape index (κ3) is 7.78. The van der Waals surface area contributed by atoms with Crippen LogP contribution in [-0.2, 0) is 9.53 Å². The maximum Gasteiger partial charge on any atom is 0.330 e. The van der Waals surface area contributed by atoms with Crippen molar-refractivity contribution in [3.63, 3.8) is 0 Å². The Hall–Kier alpha value is -1.16. The first-order chi connectivity index (χ1) is 9.22. The number of rotatable bonds is 8. The van der Waals surface area contributed by atoms with Crippen LogP contribution in [0.3, 0.4) is 0 Å². The van der Waals surface area contributed by atoms with Gasteiger partial charge in [-0.15, -0.1) is 0 Å². The van der Waals surface area contributed by atoms with Crippen LogP contribution in [0.1, 0.15) is 31.2 Å². The number of ether oxygens (including phenoxy) is 1. The minimum atomic E-state index is -0.357. The van der Waals surface area contributed by atoms with Gasteiger partial charge in [0.05, 0.1) is 6.61 Å². The molecule has 0 saturated carbocycles. The molecule has 0 heterocycles. The zero-order chi connectivity index (χ0) is 13.9. The van der Waals surface area contributed by atoms with Crippen LogP contribution in [0.4, 0.5) is 4.39 Å². The Kier molecular flexibility index (Phi) is 8.14. The van der Waals surface area contributed by atoms with Crippen molar-refractivity contribution in [2.75, 3.05) is 11.9 Å². The predicted octanol–water partition coefficient (Wildman–Crippen LogP) is 4.34. The van der Waals surface area contributed by atoms with Crippen LogP contribution in [0.5, 0.6) is 0 Å². The monoisotopic (exact) mass is 328 g/mol. The van der Waals surface area contributed by atoms with E-state index in [0.29, 0.717) is 6.61 Å². The summed E-state index contributed by atoms with van der Waals surface area (Å²) in [7, 11) is 0. The van der Waals surface area contributed by atoms with E-state index in [4.69, 9.17) is 4.74 Å². The highest BCUT2D eigenvalue weighted by atomic mass is 79.9. The van der Waals surface area contributed by atoms with Crippen LogP contribution < -0.4 is 0 Å². The number of carbonyl (C=O) groups excluding carboxylic acids is 1. The molecule has 1 aromatic carbocycles. The summed E-state index contributed by atoms with van der Waals surface area (Å²) in [6.45, 7) is 0.453. The van der Waals surface area contributed by atoms with Gasteiger partial charge in [-0.1, -0.05) is 40.9 Å². The topological polar surface area (TPSA) is 26.3 Å². The molecule has 0 fully saturated rings. The fraction of sp³-hybridized carbons (Fsp3) is 0.400. The first-order valence-corrected chi connectivity index (χ1v) is 7.51. The molecule has 2 nitrogen and oxygen atoms in total. The number of benzene rings is 1. The summed E-state index contributed by atoms with van der Waals surface area (Å²) in [6.07, 6.45) is 7.24. The highest BCUT2D eigenvalue weighted by Gasteiger charge is 1.97. The first-order valence-electron chi connectivity index (χ1n) is 6.39. The first kappa shape index (κ1) is 15.9. The minimum absolute atomic E-state index is 0.289. The molecule has 104 valence electrons. The van der Waals surface area contributed by atoms with E-state index in [1.807, 2.05) is 0 Å². The van der Waals surface area contributed by atoms with E-state index in [-0.39, 0.29) is 11.8 Å². The maximum absolute atomic E-state index is 12.7. The lowest BCUT2D eigenvalue weighted by Crippen LogP contribution is -2.02. The van der Waals surface area contributed by atoms with Crippen LogP contribution in [0, 0.1) is 5.82 Å². The normalized spacial score (nSPS) is 10.8. The molecule has 1 rings (SSSR count). The molecule has 0 aliphatic rings. The summed E-state index contributed by atoms with van der Waals surface area (Å²) in [4.78, 5) is 11.4. The summed E-state index contributed by atoms with van der Waals surface area (Å²) in [5.41, 5.74) is 0.774. The van der Waals surface area contributed by atoms with Crippen LogP contribution >= 0.6 is 15.9 Å². The highest BCUT2D eigenvalue weighted by molar-refractivity contribution is 9.09. The molecule has 4 heteroatoms. The third-order valence-corrected chi connectivity index (χ3v) is 3.11. The Balaban J connectivity index is 2.18. The summed E-state index contributed by atoms with van der Waals surface area (Å²) in [5, 5.41) is 1.02. The van der Waals surface area contributed by atoms with Crippen molar-refractivity contribution >= 4 is 28.0 Å². The lowest BCUT2D eigenvalue weighted by Gasteiger charge is -2.01. The standard InChI is InChI=1S/C15H18BrFO2/c16-11-3-1-2-4-12-19-15(18)10-7-13-5-8-14(17)9-6-13/h5-10H,1-4,11-12H2. The Morgan fingerprint density at radius 3 is 2.53 bits per heavy atom. The molecule has 1 aromatic rings. The highest BCUT2D eigenvalue weighted by Crippen LogP contribution is 2.05. The molecule has 0 aliphatic heterocycles. The minimum Gasteiger partial charge on any atom is -0.463 e. The van der Waals surface area contributed by atoms with Crippen LogP contribution in [-0.4, -0.2) is 17.9 Å². The molecule has 0 radical (unpaired) electrons. The van der Waals surface area contributed by atoms with Gasteiger partial charge in [0.1, 0.15) is 5.82 Å². The van der Waals surface area contributed by atoms with Gasteiger partial charge in [-0.05, 0) is 36.6 Å². The molecule has 0 aliphatic carbocycles. The second-order valence-corrected chi connectivity index (χ2v) is 4.95. The molecule has 0 aromatic heterocycles. The average molecular weight is 329 g/mol. The zero-order valence-corrected chi connectivity index (χ0v) is 12.4.